The van der Waals surface area contributed by atoms with E-state index in [4.69, 9.17) is 23.2 Å². The zero-order chi connectivity index (χ0) is 5.98. The number of hydrogen-bond donors (Lipinski definition) is 0. The molecule has 0 amide bonds. The molecular weight excluding hydrogens is 143 g/mol. The van der Waals surface area contributed by atoms with Gasteiger partial charge >= 0.3 is 0 Å². The van der Waals surface area contributed by atoms with E-state index in [1.54, 1.807) is 18.2 Å². The Morgan fingerprint density at radius 2 is 2.12 bits per heavy atom. The average molecular weight is 146 g/mol. The Kier molecular flexibility index (Phi) is 1.77. The quantitative estimate of drug-likeness (QED) is 0.527. The minimum atomic E-state index is 0.481. The van der Waals surface area contributed by atoms with E-state index in [0.717, 1.165) is 0 Å². The number of rotatable bonds is 0. The average Bonchev–Trinajstić information content (AvgIpc) is 1.77. The third kappa shape index (κ3) is 1.15. The minimum Gasteiger partial charge on any atom is -0.0827 e. The maximum atomic E-state index is 5.55. The summed E-state index contributed by atoms with van der Waals surface area (Å²) >= 11 is 11.1. The number of halogens is 2. The van der Waals surface area contributed by atoms with Gasteiger partial charge in [-0.2, -0.15) is 0 Å². The predicted octanol–water partition coefficient (Wildman–Crippen LogP) is 2.79. The smallest absolute Gasteiger partial charge is 0.0671 e. The maximum Gasteiger partial charge on any atom is 0.0671 e. The molecule has 1 rings (SSSR count). The Labute approximate surface area is 58.0 Å². The fourth-order valence-electron chi connectivity index (χ4n) is 0.396. The molecule has 41 valence electrons. The van der Waals surface area contributed by atoms with Crippen LogP contribution in [0.1, 0.15) is 0 Å². The first kappa shape index (κ1) is 5.93. The lowest BCUT2D eigenvalue weighted by Crippen LogP contribution is -1.63. The Morgan fingerprint density at radius 1 is 1.38 bits per heavy atom. The molecule has 0 saturated heterocycles. The summed E-state index contributed by atoms with van der Waals surface area (Å²) in [4.78, 5) is 0. The minimum absolute atomic E-state index is 0.481. The molecule has 0 spiro atoms. The van der Waals surface area contributed by atoms with Crippen LogP contribution >= 0.6 is 23.2 Å². The van der Waals surface area contributed by atoms with Gasteiger partial charge in [0, 0.05) is 6.07 Å². The molecule has 0 saturated carbocycles. The molecule has 0 aliphatic rings. The molecule has 1 radical (unpaired) electrons. The van der Waals surface area contributed by atoms with E-state index in [2.05, 4.69) is 6.07 Å². The lowest BCUT2D eigenvalue weighted by molar-refractivity contribution is 1.69. The van der Waals surface area contributed by atoms with Crippen LogP contribution in [-0.4, -0.2) is 0 Å². The molecule has 0 fully saturated rings. The second-order valence-corrected chi connectivity index (χ2v) is 2.12. The van der Waals surface area contributed by atoms with E-state index in [1.165, 1.54) is 0 Å². The largest absolute Gasteiger partial charge is 0.0827 e. The van der Waals surface area contributed by atoms with Crippen molar-refractivity contribution in [2.24, 2.45) is 0 Å². The zero-order valence-electron chi connectivity index (χ0n) is 3.99. The van der Waals surface area contributed by atoms with Crippen molar-refractivity contribution in [2.45, 2.75) is 0 Å². The first-order chi connectivity index (χ1) is 3.80. The van der Waals surface area contributed by atoms with Crippen molar-refractivity contribution in [1.82, 2.24) is 0 Å². The van der Waals surface area contributed by atoms with Gasteiger partial charge in [-0.15, -0.1) is 0 Å². The van der Waals surface area contributed by atoms with Gasteiger partial charge in [-0.1, -0.05) is 35.3 Å². The van der Waals surface area contributed by atoms with Crippen molar-refractivity contribution < 1.29 is 0 Å². The van der Waals surface area contributed by atoms with Gasteiger partial charge in [0.2, 0.25) is 0 Å². The van der Waals surface area contributed by atoms with Crippen LogP contribution < -0.4 is 0 Å². The van der Waals surface area contributed by atoms with Gasteiger partial charge in [-0.25, -0.2) is 0 Å². The topological polar surface area (TPSA) is 0 Å². The fourth-order valence-corrected chi connectivity index (χ4v) is 0.649. The molecular formula is C6H3Cl2. The molecule has 1 aromatic rings. The van der Waals surface area contributed by atoms with Gasteiger partial charge in [-0.3, -0.25) is 0 Å². The third-order valence-corrected chi connectivity index (χ3v) is 1.48. The van der Waals surface area contributed by atoms with Crippen LogP contribution in [0.4, 0.5) is 0 Å². The molecule has 0 nitrogen and oxygen atoms in total. The molecule has 0 heterocycles. The van der Waals surface area contributed by atoms with Crippen LogP contribution in [0.5, 0.6) is 0 Å². The fraction of sp³-hybridized carbons (Fsp3) is 0. The van der Waals surface area contributed by atoms with Gasteiger partial charge < -0.3 is 0 Å². The van der Waals surface area contributed by atoms with Gasteiger partial charge in [0.25, 0.3) is 0 Å². The summed E-state index contributed by atoms with van der Waals surface area (Å²) in [7, 11) is 0. The molecule has 0 aliphatic heterocycles. The lowest BCUT2D eigenvalue weighted by atomic mass is 10.4. The Morgan fingerprint density at radius 3 is 2.50 bits per heavy atom. The monoisotopic (exact) mass is 145 g/mol. The van der Waals surface area contributed by atoms with E-state index < -0.39 is 0 Å². The van der Waals surface area contributed by atoms with Crippen molar-refractivity contribution >= 4 is 23.2 Å². The Hall–Kier alpha value is -0.200. The molecule has 1 aromatic carbocycles. The summed E-state index contributed by atoms with van der Waals surface area (Å²) in [5.74, 6) is 0. The van der Waals surface area contributed by atoms with Crippen molar-refractivity contribution in [3.63, 3.8) is 0 Å². The Bertz CT molecular complexity index is 163. The summed E-state index contributed by atoms with van der Waals surface area (Å²) in [6.45, 7) is 0. The van der Waals surface area contributed by atoms with Crippen LogP contribution in [0, 0.1) is 6.07 Å². The molecule has 0 unspecified atom stereocenters. The van der Waals surface area contributed by atoms with E-state index in [-0.39, 0.29) is 0 Å². The molecule has 0 atom stereocenters. The van der Waals surface area contributed by atoms with Crippen molar-refractivity contribution in [3.8, 4) is 0 Å². The van der Waals surface area contributed by atoms with E-state index in [0.29, 0.717) is 10.0 Å². The predicted molar refractivity (Wildman–Crippen MR) is 35.3 cm³/mol. The van der Waals surface area contributed by atoms with Crippen LogP contribution in [0.15, 0.2) is 18.2 Å². The highest BCUT2D eigenvalue weighted by Gasteiger charge is 1.90. The number of benzene rings is 1. The van der Waals surface area contributed by atoms with Gasteiger partial charge in [0.05, 0.1) is 10.0 Å². The summed E-state index contributed by atoms with van der Waals surface area (Å²) in [6.07, 6.45) is 0. The van der Waals surface area contributed by atoms with Crippen molar-refractivity contribution in [3.05, 3.63) is 34.3 Å². The molecule has 0 N–H and O–H groups in total. The van der Waals surface area contributed by atoms with Crippen LogP contribution in [0.3, 0.4) is 0 Å². The lowest BCUT2D eigenvalue weighted by Gasteiger charge is -1.87. The Balaban J connectivity index is 3.13. The number of hydrogen-bond acceptors (Lipinski definition) is 0. The highest BCUT2D eigenvalue weighted by atomic mass is 35.5. The van der Waals surface area contributed by atoms with Gasteiger partial charge in [0.15, 0.2) is 0 Å². The zero-order valence-corrected chi connectivity index (χ0v) is 5.50. The molecule has 0 aliphatic carbocycles. The second kappa shape index (κ2) is 2.38. The highest BCUT2D eigenvalue weighted by Crippen LogP contribution is 2.18. The summed E-state index contributed by atoms with van der Waals surface area (Å²) in [5.41, 5.74) is 0. The van der Waals surface area contributed by atoms with Crippen LogP contribution in [0.25, 0.3) is 0 Å². The molecule has 0 bridgehead atoms. The van der Waals surface area contributed by atoms with Gasteiger partial charge in [0.1, 0.15) is 0 Å². The van der Waals surface area contributed by atoms with Crippen molar-refractivity contribution in [2.75, 3.05) is 0 Å². The van der Waals surface area contributed by atoms with Crippen molar-refractivity contribution in [1.29, 1.82) is 0 Å². The molecule has 8 heavy (non-hydrogen) atoms. The van der Waals surface area contributed by atoms with E-state index in [1.807, 2.05) is 0 Å². The van der Waals surface area contributed by atoms with E-state index in [9.17, 15) is 0 Å². The summed E-state index contributed by atoms with van der Waals surface area (Å²) in [5, 5.41) is 1.03. The second-order valence-electron chi connectivity index (χ2n) is 1.33. The van der Waals surface area contributed by atoms with Crippen LogP contribution in [-0.2, 0) is 0 Å². The first-order valence-electron chi connectivity index (χ1n) is 2.12. The van der Waals surface area contributed by atoms with E-state index >= 15 is 0 Å². The third-order valence-electron chi connectivity index (χ3n) is 0.759. The summed E-state index contributed by atoms with van der Waals surface area (Å²) in [6, 6.07) is 7.96. The SMILES string of the molecule is Clc1[c]cccc1Cl. The van der Waals surface area contributed by atoms with Gasteiger partial charge in [-0.05, 0) is 6.07 Å². The normalized spacial score (nSPS) is 9.25. The molecule has 2 heteroatoms. The first-order valence-corrected chi connectivity index (χ1v) is 2.88. The van der Waals surface area contributed by atoms with Crippen LogP contribution in [0.2, 0.25) is 10.0 Å². The summed E-state index contributed by atoms with van der Waals surface area (Å²) < 4.78 is 0. The maximum absolute atomic E-state index is 5.55. The standard InChI is InChI=1S/C6H3Cl2/c7-5-3-1-2-4-6(5)8/h1-3H. The highest BCUT2D eigenvalue weighted by molar-refractivity contribution is 6.41. The molecule has 0 aromatic heterocycles.